The van der Waals surface area contributed by atoms with Crippen LogP contribution in [0.4, 0.5) is 17.1 Å². The highest BCUT2D eigenvalue weighted by atomic mass is 15.1. The molecule has 0 bridgehead atoms. The Morgan fingerprint density at radius 3 is 1.43 bits per heavy atom. The summed E-state index contributed by atoms with van der Waals surface area (Å²) in [6.45, 7) is 0. The molecule has 7 aromatic rings. The number of fused-ring (bicyclic) bond motifs is 1. The maximum Gasteiger partial charge on any atom is 0.0467 e. The first kappa shape index (κ1) is 33.7. The van der Waals surface area contributed by atoms with Crippen LogP contribution in [0.5, 0.6) is 0 Å². The Hall–Kier alpha value is -6.44. The summed E-state index contributed by atoms with van der Waals surface area (Å²) in [4.78, 5) is 2.42. The van der Waals surface area contributed by atoms with E-state index in [4.69, 9.17) is 0 Å². The van der Waals surface area contributed by atoms with Crippen LogP contribution in [-0.2, 0) is 12.8 Å². The van der Waals surface area contributed by atoms with Crippen molar-refractivity contribution in [3.8, 4) is 0 Å². The van der Waals surface area contributed by atoms with Gasteiger partial charge in [0.2, 0.25) is 0 Å². The number of aryl methyl sites for hydroxylation is 2. The smallest absolute Gasteiger partial charge is 0.0467 e. The van der Waals surface area contributed by atoms with Crippen LogP contribution in [0, 0.1) is 0 Å². The zero-order valence-corrected chi connectivity index (χ0v) is 30.0. The van der Waals surface area contributed by atoms with Crippen molar-refractivity contribution >= 4 is 40.4 Å². The summed E-state index contributed by atoms with van der Waals surface area (Å²) >= 11 is 0. The summed E-state index contributed by atoms with van der Waals surface area (Å²) in [6.07, 6.45) is 13.8. The zero-order valence-electron chi connectivity index (χ0n) is 30.0. The van der Waals surface area contributed by atoms with Gasteiger partial charge in [0.1, 0.15) is 0 Å². The van der Waals surface area contributed by atoms with Crippen LogP contribution in [0.1, 0.15) is 57.3 Å². The van der Waals surface area contributed by atoms with Gasteiger partial charge in [0.15, 0.2) is 0 Å². The molecule has 53 heavy (non-hydrogen) atoms. The van der Waals surface area contributed by atoms with E-state index in [1.165, 1.54) is 69.5 Å². The number of hydrogen-bond donors (Lipinski definition) is 0. The quantitative estimate of drug-likeness (QED) is 0.103. The summed E-state index contributed by atoms with van der Waals surface area (Å²) in [6, 6.07) is 67.6. The average Bonchev–Trinajstić information content (AvgIpc) is 3.23. The van der Waals surface area contributed by atoms with E-state index in [-0.39, 0.29) is 0 Å². The molecule has 0 saturated heterocycles. The second-order valence-corrected chi connectivity index (χ2v) is 13.6. The summed E-state index contributed by atoms with van der Waals surface area (Å²) in [5.41, 5.74) is 15.9. The van der Waals surface area contributed by atoms with Crippen molar-refractivity contribution in [2.45, 2.75) is 25.7 Å². The predicted octanol–water partition coefficient (Wildman–Crippen LogP) is 13.8. The van der Waals surface area contributed by atoms with Gasteiger partial charge < -0.3 is 4.90 Å². The maximum atomic E-state index is 2.42. The predicted molar refractivity (Wildman–Crippen MR) is 227 cm³/mol. The maximum absolute atomic E-state index is 2.42. The molecule has 0 atom stereocenters. The fraction of sp³-hybridized carbons (Fsp3) is 0.0769. The van der Waals surface area contributed by atoms with E-state index in [0.29, 0.717) is 0 Å². The number of hydrogen-bond acceptors (Lipinski definition) is 1. The fourth-order valence-electron chi connectivity index (χ4n) is 7.41. The van der Waals surface area contributed by atoms with Crippen LogP contribution in [-0.4, -0.2) is 0 Å². The minimum atomic E-state index is 1.13. The number of rotatable bonds is 10. The molecule has 0 unspecified atom stereocenters. The largest absolute Gasteiger partial charge is 0.310 e. The molecule has 0 fully saturated rings. The standard InChI is InChI=1S/C52H43N/c1-5-22-43(23-6-1)51(44-24-7-2-8-25-44)33-17-19-40-18-15-31-48(36-40)53(50-35-34-42-21-13-14-30-47(42)39-50)49-32-16-20-41(37-49)38-52(45-26-9-3-10-27-45)46-28-11-4-12-29-46/h1-12,15-20,22-29,31-39H,13-14,21,30H2. The lowest BCUT2D eigenvalue weighted by Gasteiger charge is -2.28. The van der Waals surface area contributed by atoms with Crippen LogP contribution in [0.3, 0.4) is 0 Å². The minimum absolute atomic E-state index is 1.13. The van der Waals surface area contributed by atoms with Crippen molar-refractivity contribution < 1.29 is 0 Å². The van der Waals surface area contributed by atoms with Gasteiger partial charge in [-0.3, -0.25) is 0 Å². The lowest BCUT2D eigenvalue weighted by molar-refractivity contribution is 0.685. The van der Waals surface area contributed by atoms with E-state index in [0.717, 1.165) is 28.9 Å². The van der Waals surface area contributed by atoms with Gasteiger partial charge in [-0.1, -0.05) is 170 Å². The molecule has 8 rings (SSSR count). The molecule has 7 aromatic carbocycles. The Morgan fingerprint density at radius 1 is 0.396 bits per heavy atom. The van der Waals surface area contributed by atoms with Gasteiger partial charge in [0.25, 0.3) is 0 Å². The van der Waals surface area contributed by atoms with Crippen LogP contribution < -0.4 is 4.90 Å². The molecule has 1 nitrogen and oxygen atoms in total. The topological polar surface area (TPSA) is 3.24 Å². The normalized spacial score (nSPS) is 12.2. The molecular weight excluding hydrogens is 639 g/mol. The summed E-state index contributed by atoms with van der Waals surface area (Å²) in [5, 5.41) is 0. The van der Waals surface area contributed by atoms with E-state index < -0.39 is 0 Å². The van der Waals surface area contributed by atoms with E-state index in [1.807, 2.05) is 0 Å². The van der Waals surface area contributed by atoms with Crippen molar-refractivity contribution in [1.82, 2.24) is 0 Å². The second kappa shape index (κ2) is 16.3. The molecule has 0 aromatic heterocycles. The van der Waals surface area contributed by atoms with Gasteiger partial charge >= 0.3 is 0 Å². The van der Waals surface area contributed by atoms with Gasteiger partial charge in [-0.05, 0) is 124 Å². The third kappa shape index (κ3) is 8.06. The third-order valence-corrected chi connectivity index (χ3v) is 10.0. The van der Waals surface area contributed by atoms with Crippen molar-refractivity contribution in [3.05, 3.63) is 245 Å². The lowest BCUT2D eigenvalue weighted by Crippen LogP contribution is -2.12. The minimum Gasteiger partial charge on any atom is -0.310 e. The molecule has 0 aliphatic heterocycles. The second-order valence-electron chi connectivity index (χ2n) is 13.6. The van der Waals surface area contributed by atoms with Crippen LogP contribution in [0.15, 0.2) is 200 Å². The molecule has 256 valence electrons. The molecule has 1 aliphatic carbocycles. The molecule has 0 N–H and O–H groups in total. The molecule has 0 amide bonds. The summed E-state index contributed by atoms with van der Waals surface area (Å²) in [7, 11) is 0. The molecule has 0 radical (unpaired) electrons. The van der Waals surface area contributed by atoms with E-state index >= 15 is 0 Å². The highest BCUT2D eigenvalue weighted by Gasteiger charge is 2.17. The Labute approximate surface area is 314 Å². The Kier molecular flexibility index (Phi) is 10.3. The van der Waals surface area contributed by atoms with Crippen molar-refractivity contribution in [3.63, 3.8) is 0 Å². The molecule has 1 aliphatic rings. The lowest BCUT2D eigenvalue weighted by atomic mass is 9.91. The number of nitrogens with zero attached hydrogens (tertiary/aromatic N) is 1. The Balaban J connectivity index is 1.20. The monoisotopic (exact) mass is 681 g/mol. The van der Waals surface area contributed by atoms with Gasteiger partial charge in [-0.2, -0.15) is 0 Å². The first-order valence-electron chi connectivity index (χ1n) is 18.7. The molecule has 0 saturated carbocycles. The van der Waals surface area contributed by atoms with Crippen LogP contribution in [0.2, 0.25) is 0 Å². The Morgan fingerprint density at radius 2 is 0.868 bits per heavy atom. The molecule has 1 heteroatoms. The number of anilines is 3. The highest BCUT2D eigenvalue weighted by Crippen LogP contribution is 2.38. The summed E-state index contributed by atoms with van der Waals surface area (Å²) in [5.74, 6) is 0. The average molecular weight is 682 g/mol. The zero-order chi connectivity index (χ0) is 35.7. The van der Waals surface area contributed by atoms with Gasteiger partial charge in [0, 0.05) is 17.1 Å². The van der Waals surface area contributed by atoms with Gasteiger partial charge in [-0.25, -0.2) is 0 Å². The summed E-state index contributed by atoms with van der Waals surface area (Å²) < 4.78 is 0. The number of allylic oxidation sites excluding steroid dienone is 2. The van der Waals surface area contributed by atoms with Crippen molar-refractivity contribution in [1.29, 1.82) is 0 Å². The molecule has 0 spiro atoms. The Bertz CT molecular complexity index is 2280. The third-order valence-electron chi connectivity index (χ3n) is 10.0. The SMILES string of the molecule is C(=Cc1cccc(N(c2cccc(C=C(c3ccccc3)c3ccccc3)c2)c2ccc3c(c2)CCCC3)c1)C=C(c1ccccc1)c1ccccc1. The van der Waals surface area contributed by atoms with Crippen LogP contribution >= 0.6 is 0 Å². The highest BCUT2D eigenvalue weighted by molar-refractivity contribution is 5.92. The molecular formula is C52H43N. The first-order chi connectivity index (χ1) is 26.3. The van der Waals surface area contributed by atoms with E-state index in [2.05, 4.69) is 217 Å². The van der Waals surface area contributed by atoms with E-state index in [1.54, 1.807) is 0 Å². The van der Waals surface area contributed by atoms with Crippen LogP contribution in [0.25, 0.3) is 23.3 Å². The van der Waals surface area contributed by atoms with Crippen molar-refractivity contribution in [2.75, 3.05) is 4.90 Å². The molecule has 0 heterocycles. The first-order valence-corrected chi connectivity index (χ1v) is 18.7. The number of benzene rings is 7. The van der Waals surface area contributed by atoms with Gasteiger partial charge in [-0.15, -0.1) is 0 Å². The van der Waals surface area contributed by atoms with E-state index in [9.17, 15) is 0 Å². The van der Waals surface area contributed by atoms with Crippen molar-refractivity contribution in [2.24, 2.45) is 0 Å². The fourth-order valence-corrected chi connectivity index (χ4v) is 7.41. The van der Waals surface area contributed by atoms with Gasteiger partial charge in [0.05, 0.1) is 0 Å².